The van der Waals surface area contributed by atoms with Crippen LogP contribution >= 0.6 is 11.5 Å². The van der Waals surface area contributed by atoms with Crippen molar-refractivity contribution in [3.05, 3.63) is 35.0 Å². The Morgan fingerprint density at radius 3 is 2.68 bits per heavy atom. The summed E-state index contributed by atoms with van der Waals surface area (Å²) in [5.41, 5.74) is 1.18. The quantitative estimate of drug-likeness (QED) is 0.936. The monoisotopic (exact) mass is 279 g/mol. The molecule has 1 heterocycles. The number of nitrogens with zero attached hydrogens (tertiary/aromatic N) is 2. The third-order valence-electron chi connectivity index (χ3n) is 2.48. The fraction of sp³-hybridized carbons (Fsp3) is 0.308. The van der Waals surface area contributed by atoms with E-state index in [1.165, 1.54) is 12.1 Å². The number of halogens is 1. The lowest BCUT2D eigenvalue weighted by molar-refractivity contribution is 0.0953. The zero-order chi connectivity index (χ0) is 13.8. The Hall–Kier alpha value is -1.82. The van der Waals surface area contributed by atoms with Crippen molar-refractivity contribution in [2.24, 2.45) is 5.92 Å². The summed E-state index contributed by atoms with van der Waals surface area (Å²) in [5, 5.41) is 6.77. The van der Waals surface area contributed by atoms with Crippen LogP contribution in [0.15, 0.2) is 24.3 Å². The lowest BCUT2D eigenvalue weighted by Gasteiger charge is -2.06. The maximum Gasteiger partial charge on any atom is 0.265 e. The molecule has 2 aromatic rings. The lowest BCUT2D eigenvalue weighted by atomic mass is 10.1. The van der Waals surface area contributed by atoms with Crippen molar-refractivity contribution in [1.82, 2.24) is 14.9 Å². The summed E-state index contributed by atoms with van der Waals surface area (Å²) < 4.78 is 16.7. The molecule has 0 atom stereocenters. The highest BCUT2D eigenvalue weighted by molar-refractivity contribution is 7.08. The van der Waals surface area contributed by atoms with E-state index in [4.69, 9.17) is 0 Å². The third-order valence-corrected chi connectivity index (χ3v) is 3.21. The van der Waals surface area contributed by atoms with Crippen LogP contribution in [0.1, 0.15) is 23.5 Å². The SMILES string of the molecule is CC(C)CNC(=O)c1snnc1-c1ccc(F)cc1. The van der Waals surface area contributed by atoms with E-state index in [0.717, 1.165) is 11.5 Å². The molecule has 1 N–H and O–H groups in total. The molecule has 1 aromatic heterocycles. The molecule has 1 amide bonds. The first kappa shape index (κ1) is 13.6. The molecule has 2 rings (SSSR count). The largest absolute Gasteiger partial charge is 0.351 e. The minimum absolute atomic E-state index is 0.192. The average molecular weight is 279 g/mol. The molecule has 0 aliphatic rings. The van der Waals surface area contributed by atoms with E-state index in [0.29, 0.717) is 28.6 Å². The molecule has 6 heteroatoms. The molecule has 4 nitrogen and oxygen atoms in total. The summed E-state index contributed by atoms with van der Waals surface area (Å²) in [6.45, 7) is 4.64. The van der Waals surface area contributed by atoms with Crippen LogP contribution in [0, 0.1) is 11.7 Å². The van der Waals surface area contributed by atoms with Gasteiger partial charge in [0.1, 0.15) is 16.4 Å². The second-order valence-electron chi connectivity index (χ2n) is 4.56. The average Bonchev–Trinajstić information content (AvgIpc) is 2.86. The van der Waals surface area contributed by atoms with Gasteiger partial charge < -0.3 is 5.32 Å². The highest BCUT2D eigenvalue weighted by Crippen LogP contribution is 2.23. The van der Waals surface area contributed by atoms with Gasteiger partial charge in [0.2, 0.25) is 0 Å². The Morgan fingerprint density at radius 2 is 2.05 bits per heavy atom. The van der Waals surface area contributed by atoms with Crippen molar-refractivity contribution in [3.8, 4) is 11.3 Å². The number of hydrogen-bond acceptors (Lipinski definition) is 4. The zero-order valence-corrected chi connectivity index (χ0v) is 11.5. The molecule has 0 spiro atoms. The van der Waals surface area contributed by atoms with E-state index in [1.54, 1.807) is 12.1 Å². The molecule has 0 fully saturated rings. The van der Waals surface area contributed by atoms with Crippen molar-refractivity contribution >= 4 is 17.4 Å². The van der Waals surface area contributed by atoms with Crippen LogP contribution in [0.3, 0.4) is 0 Å². The Morgan fingerprint density at radius 1 is 1.37 bits per heavy atom. The van der Waals surface area contributed by atoms with E-state index in [2.05, 4.69) is 14.9 Å². The Bertz CT molecular complexity index is 566. The van der Waals surface area contributed by atoms with E-state index >= 15 is 0 Å². The predicted molar refractivity (Wildman–Crippen MR) is 72.5 cm³/mol. The maximum atomic E-state index is 12.9. The molecule has 0 unspecified atom stereocenters. The highest BCUT2D eigenvalue weighted by Gasteiger charge is 2.17. The van der Waals surface area contributed by atoms with Gasteiger partial charge in [-0.15, -0.1) is 5.10 Å². The first-order chi connectivity index (χ1) is 9.08. The van der Waals surface area contributed by atoms with Crippen molar-refractivity contribution in [2.75, 3.05) is 6.54 Å². The Balaban J connectivity index is 2.22. The van der Waals surface area contributed by atoms with E-state index < -0.39 is 0 Å². The standard InChI is InChI=1S/C13H14FN3OS/c1-8(2)7-15-13(18)12-11(16-17-19-12)9-3-5-10(14)6-4-9/h3-6,8H,7H2,1-2H3,(H,15,18). The summed E-state index contributed by atoms with van der Waals surface area (Å²) in [6.07, 6.45) is 0. The topological polar surface area (TPSA) is 54.9 Å². The van der Waals surface area contributed by atoms with Gasteiger partial charge in [-0.05, 0) is 41.7 Å². The third kappa shape index (κ3) is 3.35. The Labute approximate surface area is 114 Å². The van der Waals surface area contributed by atoms with Crippen LogP contribution in [-0.2, 0) is 0 Å². The summed E-state index contributed by atoms with van der Waals surface area (Å²) in [6, 6.07) is 5.85. The molecule has 0 saturated heterocycles. The first-order valence-electron chi connectivity index (χ1n) is 5.94. The van der Waals surface area contributed by atoms with Crippen molar-refractivity contribution < 1.29 is 9.18 Å². The fourth-order valence-corrected chi connectivity index (χ4v) is 2.12. The van der Waals surface area contributed by atoms with Crippen LogP contribution in [0.4, 0.5) is 4.39 Å². The number of aromatic nitrogens is 2. The van der Waals surface area contributed by atoms with Gasteiger partial charge in [0, 0.05) is 12.1 Å². The lowest BCUT2D eigenvalue weighted by Crippen LogP contribution is -2.27. The number of carbonyl (C=O) groups is 1. The smallest absolute Gasteiger partial charge is 0.265 e. The molecule has 0 aliphatic carbocycles. The number of amides is 1. The van der Waals surface area contributed by atoms with Gasteiger partial charge in [0.15, 0.2) is 0 Å². The van der Waals surface area contributed by atoms with Crippen molar-refractivity contribution in [1.29, 1.82) is 0 Å². The summed E-state index contributed by atoms with van der Waals surface area (Å²) in [5.74, 6) is -0.139. The second-order valence-corrected chi connectivity index (χ2v) is 5.32. The summed E-state index contributed by atoms with van der Waals surface area (Å²) in [7, 11) is 0. The van der Waals surface area contributed by atoms with E-state index in [-0.39, 0.29) is 11.7 Å². The summed E-state index contributed by atoms with van der Waals surface area (Å²) in [4.78, 5) is 12.5. The second kappa shape index (κ2) is 5.88. The molecule has 0 bridgehead atoms. The van der Waals surface area contributed by atoms with Crippen molar-refractivity contribution in [2.45, 2.75) is 13.8 Å². The number of carbonyl (C=O) groups excluding carboxylic acids is 1. The van der Waals surface area contributed by atoms with Gasteiger partial charge in [0.05, 0.1) is 0 Å². The van der Waals surface area contributed by atoms with Crippen LogP contribution < -0.4 is 5.32 Å². The predicted octanol–water partition coefficient (Wildman–Crippen LogP) is 2.73. The molecule has 0 saturated carbocycles. The first-order valence-corrected chi connectivity index (χ1v) is 6.71. The maximum absolute atomic E-state index is 12.9. The molecule has 19 heavy (non-hydrogen) atoms. The highest BCUT2D eigenvalue weighted by atomic mass is 32.1. The molecule has 0 radical (unpaired) electrons. The summed E-state index contributed by atoms with van der Waals surface area (Å²) >= 11 is 1.04. The van der Waals surface area contributed by atoms with Gasteiger partial charge in [-0.2, -0.15) is 0 Å². The van der Waals surface area contributed by atoms with Gasteiger partial charge in [-0.3, -0.25) is 4.79 Å². The molecular weight excluding hydrogens is 265 g/mol. The minimum atomic E-state index is -0.322. The normalized spacial score (nSPS) is 10.7. The van der Waals surface area contributed by atoms with Crippen LogP contribution in [0.25, 0.3) is 11.3 Å². The molecule has 1 aromatic carbocycles. The van der Waals surface area contributed by atoms with Gasteiger partial charge in [-0.1, -0.05) is 18.3 Å². The molecule has 0 aliphatic heterocycles. The van der Waals surface area contributed by atoms with Crippen LogP contribution in [0.2, 0.25) is 0 Å². The van der Waals surface area contributed by atoms with Gasteiger partial charge >= 0.3 is 0 Å². The fourth-order valence-electron chi connectivity index (χ4n) is 1.51. The Kier molecular flexibility index (Phi) is 4.21. The van der Waals surface area contributed by atoms with Gasteiger partial charge in [0.25, 0.3) is 5.91 Å². The van der Waals surface area contributed by atoms with Crippen LogP contribution in [-0.4, -0.2) is 22.0 Å². The van der Waals surface area contributed by atoms with Crippen LogP contribution in [0.5, 0.6) is 0 Å². The number of hydrogen-bond donors (Lipinski definition) is 1. The zero-order valence-electron chi connectivity index (χ0n) is 10.7. The van der Waals surface area contributed by atoms with Crippen molar-refractivity contribution in [3.63, 3.8) is 0 Å². The number of nitrogens with one attached hydrogen (secondary N) is 1. The number of rotatable bonds is 4. The van der Waals surface area contributed by atoms with E-state index in [9.17, 15) is 9.18 Å². The number of benzene rings is 1. The minimum Gasteiger partial charge on any atom is -0.351 e. The molecular formula is C13H14FN3OS. The van der Waals surface area contributed by atoms with Gasteiger partial charge in [-0.25, -0.2) is 4.39 Å². The molecule has 100 valence electrons. The van der Waals surface area contributed by atoms with E-state index in [1.807, 2.05) is 13.8 Å².